The molecule has 0 fully saturated rings. The number of hydrogen-bond donors (Lipinski definition) is 0. The van der Waals surface area contributed by atoms with Crippen LogP contribution in [0.2, 0.25) is 0 Å². The Morgan fingerprint density at radius 3 is 2.50 bits per heavy atom. The summed E-state index contributed by atoms with van der Waals surface area (Å²) in [7, 11) is 0. The number of ether oxygens (including phenoxy) is 2. The van der Waals surface area contributed by atoms with Crippen LogP contribution in [0.1, 0.15) is 12.5 Å². The van der Waals surface area contributed by atoms with Crippen LogP contribution in [0.4, 0.5) is 13.2 Å². The number of hydrogen-bond acceptors (Lipinski definition) is 3. The van der Waals surface area contributed by atoms with Gasteiger partial charge in [-0.1, -0.05) is 6.07 Å². The van der Waals surface area contributed by atoms with E-state index < -0.39 is 12.8 Å². The fourth-order valence-electron chi connectivity index (χ4n) is 1.30. The van der Waals surface area contributed by atoms with Crippen molar-refractivity contribution in [2.24, 2.45) is 0 Å². The maximum absolute atomic E-state index is 12.1. The molecule has 0 aliphatic rings. The minimum absolute atomic E-state index is 0.0239. The average molecular weight is 259 g/mol. The molecule has 0 saturated heterocycles. The number of nitriles is 1. The van der Waals surface area contributed by atoms with E-state index in [0.717, 1.165) is 0 Å². The molecule has 0 aliphatic heterocycles. The van der Waals surface area contributed by atoms with Crippen molar-refractivity contribution in [1.29, 1.82) is 5.26 Å². The van der Waals surface area contributed by atoms with Gasteiger partial charge in [-0.05, 0) is 24.6 Å². The zero-order chi connectivity index (χ0) is 13.6. The molecule has 0 saturated carbocycles. The van der Waals surface area contributed by atoms with E-state index in [2.05, 4.69) is 4.74 Å². The molecule has 0 aliphatic carbocycles. The van der Waals surface area contributed by atoms with Crippen LogP contribution in [0.15, 0.2) is 18.2 Å². The van der Waals surface area contributed by atoms with Gasteiger partial charge < -0.3 is 9.47 Å². The number of halogens is 3. The fourth-order valence-corrected chi connectivity index (χ4v) is 1.30. The molecule has 1 aromatic carbocycles. The molecular weight excluding hydrogens is 247 g/mol. The van der Waals surface area contributed by atoms with Gasteiger partial charge in [0, 0.05) is 0 Å². The van der Waals surface area contributed by atoms with Crippen LogP contribution >= 0.6 is 0 Å². The van der Waals surface area contributed by atoms with E-state index in [1.165, 1.54) is 18.2 Å². The van der Waals surface area contributed by atoms with Gasteiger partial charge >= 0.3 is 6.18 Å². The third-order valence-corrected chi connectivity index (χ3v) is 1.98. The van der Waals surface area contributed by atoms with Crippen LogP contribution in [0.3, 0.4) is 0 Å². The maximum atomic E-state index is 12.1. The van der Waals surface area contributed by atoms with Gasteiger partial charge in [0.1, 0.15) is 0 Å². The summed E-state index contributed by atoms with van der Waals surface area (Å²) < 4.78 is 46.0. The Labute approximate surface area is 103 Å². The quantitative estimate of drug-likeness (QED) is 0.816. The molecule has 98 valence electrons. The lowest BCUT2D eigenvalue weighted by Gasteiger charge is -2.14. The summed E-state index contributed by atoms with van der Waals surface area (Å²) in [5.74, 6) is 0.241. The molecule has 0 N–H and O–H groups in total. The molecule has 1 aromatic rings. The second kappa shape index (κ2) is 6.15. The fraction of sp³-hybridized carbons (Fsp3) is 0.417. The molecule has 0 radical (unpaired) electrons. The molecule has 1 rings (SSSR count). The summed E-state index contributed by atoms with van der Waals surface area (Å²) >= 11 is 0. The van der Waals surface area contributed by atoms with Crippen molar-refractivity contribution in [2.45, 2.75) is 19.5 Å². The van der Waals surface area contributed by atoms with Crippen LogP contribution in [0, 0.1) is 11.3 Å². The minimum atomic E-state index is -4.39. The molecule has 0 aromatic heterocycles. The summed E-state index contributed by atoms with van der Waals surface area (Å²) in [6, 6.07) is 6.38. The first-order valence-electron chi connectivity index (χ1n) is 5.28. The van der Waals surface area contributed by atoms with Crippen LogP contribution in [0.5, 0.6) is 11.5 Å². The van der Waals surface area contributed by atoms with Gasteiger partial charge in [0.25, 0.3) is 0 Å². The molecule has 0 heterocycles. The van der Waals surface area contributed by atoms with Gasteiger partial charge in [0.05, 0.1) is 19.1 Å². The first kappa shape index (κ1) is 14.2. The van der Waals surface area contributed by atoms with E-state index in [4.69, 9.17) is 10.00 Å². The molecule has 6 heteroatoms. The Balaban J connectivity index is 2.86. The predicted octanol–water partition coefficient (Wildman–Crippen LogP) is 3.09. The lowest BCUT2D eigenvalue weighted by Crippen LogP contribution is -2.19. The molecule has 3 nitrogen and oxygen atoms in total. The van der Waals surface area contributed by atoms with Gasteiger partial charge in [-0.2, -0.15) is 18.4 Å². The Kier molecular flexibility index (Phi) is 4.84. The van der Waals surface area contributed by atoms with Gasteiger partial charge in [0.15, 0.2) is 18.1 Å². The van der Waals surface area contributed by atoms with E-state index >= 15 is 0 Å². The minimum Gasteiger partial charge on any atom is -0.490 e. The normalized spacial score (nSPS) is 10.8. The number of alkyl halides is 3. The van der Waals surface area contributed by atoms with Crippen molar-refractivity contribution in [3.05, 3.63) is 23.8 Å². The van der Waals surface area contributed by atoms with Crippen LogP contribution in [-0.2, 0) is 6.42 Å². The Bertz CT molecular complexity index is 438. The van der Waals surface area contributed by atoms with Gasteiger partial charge in [0.2, 0.25) is 0 Å². The van der Waals surface area contributed by atoms with Gasteiger partial charge in [-0.3, -0.25) is 0 Å². The van der Waals surface area contributed by atoms with Crippen molar-refractivity contribution in [2.75, 3.05) is 13.2 Å². The number of rotatable bonds is 5. The first-order valence-corrected chi connectivity index (χ1v) is 5.28. The van der Waals surface area contributed by atoms with E-state index in [1.807, 2.05) is 6.07 Å². The van der Waals surface area contributed by atoms with Crippen molar-refractivity contribution >= 4 is 0 Å². The monoisotopic (exact) mass is 259 g/mol. The number of nitrogens with zero attached hydrogens (tertiary/aromatic N) is 1. The summed E-state index contributed by atoms with van der Waals surface area (Å²) in [5, 5.41) is 8.55. The second-order valence-electron chi connectivity index (χ2n) is 3.45. The van der Waals surface area contributed by atoms with E-state index in [0.29, 0.717) is 12.2 Å². The summed E-state index contributed by atoms with van der Waals surface area (Å²) in [5.41, 5.74) is 0.667. The van der Waals surface area contributed by atoms with Crippen LogP contribution in [-0.4, -0.2) is 19.4 Å². The molecular formula is C12H12F3NO2. The Morgan fingerprint density at radius 2 is 1.94 bits per heavy atom. The third kappa shape index (κ3) is 4.53. The van der Waals surface area contributed by atoms with E-state index in [9.17, 15) is 13.2 Å². The van der Waals surface area contributed by atoms with Gasteiger partial charge in [-0.15, -0.1) is 0 Å². The van der Waals surface area contributed by atoms with Crippen molar-refractivity contribution in [3.8, 4) is 17.6 Å². The lowest BCUT2D eigenvalue weighted by molar-refractivity contribution is -0.153. The highest BCUT2D eigenvalue weighted by Gasteiger charge is 2.29. The highest BCUT2D eigenvalue weighted by molar-refractivity contribution is 5.43. The van der Waals surface area contributed by atoms with Gasteiger partial charge in [-0.25, -0.2) is 0 Å². The molecule has 0 unspecified atom stereocenters. The topological polar surface area (TPSA) is 42.2 Å². The summed E-state index contributed by atoms with van der Waals surface area (Å²) in [6.07, 6.45) is -4.23. The van der Waals surface area contributed by atoms with Crippen LogP contribution < -0.4 is 9.47 Å². The van der Waals surface area contributed by atoms with Crippen molar-refractivity contribution < 1.29 is 22.6 Å². The Hall–Kier alpha value is -1.90. The van der Waals surface area contributed by atoms with Crippen molar-refractivity contribution in [1.82, 2.24) is 0 Å². The summed E-state index contributed by atoms with van der Waals surface area (Å²) in [6.45, 7) is 0.646. The lowest BCUT2D eigenvalue weighted by atomic mass is 10.1. The standard InChI is InChI=1S/C12H12F3NO2/c1-2-17-11-7-9(5-6-16)3-4-10(11)18-8-12(13,14)15/h3-4,7H,2,5,8H2,1H3. The van der Waals surface area contributed by atoms with E-state index in [1.54, 1.807) is 6.92 Å². The van der Waals surface area contributed by atoms with E-state index in [-0.39, 0.29) is 17.9 Å². The SMILES string of the molecule is CCOc1cc(CC#N)ccc1OCC(F)(F)F. The zero-order valence-electron chi connectivity index (χ0n) is 9.75. The first-order chi connectivity index (χ1) is 8.46. The molecule has 0 bridgehead atoms. The third-order valence-electron chi connectivity index (χ3n) is 1.98. The van der Waals surface area contributed by atoms with Crippen LogP contribution in [0.25, 0.3) is 0 Å². The molecule has 0 atom stereocenters. The highest BCUT2D eigenvalue weighted by atomic mass is 19.4. The molecule has 18 heavy (non-hydrogen) atoms. The highest BCUT2D eigenvalue weighted by Crippen LogP contribution is 2.30. The van der Waals surface area contributed by atoms with Crippen molar-refractivity contribution in [3.63, 3.8) is 0 Å². The largest absolute Gasteiger partial charge is 0.490 e. The summed E-state index contributed by atoms with van der Waals surface area (Å²) in [4.78, 5) is 0. The Morgan fingerprint density at radius 1 is 1.22 bits per heavy atom. The molecule has 0 amide bonds. The zero-order valence-corrected chi connectivity index (χ0v) is 9.75. The molecule has 0 spiro atoms. The smallest absolute Gasteiger partial charge is 0.422 e. The maximum Gasteiger partial charge on any atom is 0.422 e. The second-order valence-corrected chi connectivity index (χ2v) is 3.45. The predicted molar refractivity (Wildman–Crippen MR) is 58.5 cm³/mol. The number of benzene rings is 1. The average Bonchev–Trinajstić information content (AvgIpc) is 2.28.